The first-order valence-corrected chi connectivity index (χ1v) is 6.21. The predicted molar refractivity (Wildman–Crippen MR) is 60.1 cm³/mol. The monoisotopic (exact) mass is 271 g/mol. The van der Waals surface area contributed by atoms with Crippen molar-refractivity contribution in [3.8, 4) is 11.4 Å². The van der Waals surface area contributed by atoms with E-state index in [0.29, 0.717) is 11.4 Å². The minimum atomic E-state index is -4.19. The van der Waals surface area contributed by atoms with Gasteiger partial charge in [0, 0.05) is 5.56 Å². The number of rotatable bonds is 2. The van der Waals surface area contributed by atoms with Crippen molar-refractivity contribution in [3.05, 3.63) is 35.9 Å². The highest BCUT2D eigenvalue weighted by Crippen LogP contribution is 2.18. The van der Waals surface area contributed by atoms with Gasteiger partial charge in [-0.1, -0.05) is 0 Å². The van der Waals surface area contributed by atoms with E-state index in [1.807, 2.05) is 0 Å². The van der Waals surface area contributed by atoms with Gasteiger partial charge in [0.15, 0.2) is 5.82 Å². The van der Waals surface area contributed by atoms with Crippen LogP contribution in [-0.2, 0) is 10.1 Å². The molecule has 0 saturated carbocycles. The molecular formula is C9H6ClN3O3S. The van der Waals surface area contributed by atoms with Gasteiger partial charge in [-0.15, -0.1) is 0 Å². The van der Waals surface area contributed by atoms with Gasteiger partial charge >= 0.3 is 0 Å². The van der Waals surface area contributed by atoms with Crippen LogP contribution < -0.4 is 0 Å². The fraction of sp³-hybridized carbons (Fsp3) is 0. The molecule has 17 heavy (non-hydrogen) atoms. The summed E-state index contributed by atoms with van der Waals surface area (Å²) in [4.78, 5) is 11.2. The first kappa shape index (κ1) is 11.9. The van der Waals surface area contributed by atoms with E-state index in [-0.39, 0.29) is 10.2 Å². The first-order valence-electron chi connectivity index (χ1n) is 4.39. The molecule has 0 bridgehead atoms. The Labute approximate surface area is 102 Å². The Bertz CT molecular complexity index is 643. The van der Waals surface area contributed by atoms with Gasteiger partial charge in [-0.25, -0.2) is 9.97 Å². The molecule has 0 aliphatic rings. The van der Waals surface area contributed by atoms with Crippen LogP contribution >= 0.6 is 11.6 Å². The lowest BCUT2D eigenvalue weighted by molar-refractivity contribution is 0.483. The average Bonchev–Trinajstić information content (AvgIpc) is 2.28. The van der Waals surface area contributed by atoms with Crippen LogP contribution in [0.1, 0.15) is 0 Å². The second-order valence-electron chi connectivity index (χ2n) is 3.08. The molecule has 8 heteroatoms. The quantitative estimate of drug-likeness (QED) is 0.831. The van der Waals surface area contributed by atoms with Gasteiger partial charge in [-0.05, 0) is 35.9 Å². The molecule has 1 heterocycles. The third kappa shape index (κ3) is 2.76. The summed E-state index contributed by atoms with van der Waals surface area (Å²) in [6.07, 6.45) is 1.25. The fourth-order valence-corrected chi connectivity index (χ4v) is 1.80. The maximum atomic E-state index is 10.8. The molecule has 0 amide bonds. The number of nitrogens with zero attached hydrogens (tertiary/aromatic N) is 3. The summed E-state index contributed by atoms with van der Waals surface area (Å²) in [6, 6.07) is 5.44. The highest BCUT2D eigenvalue weighted by molar-refractivity contribution is 7.85. The van der Waals surface area contributed by atoms with Crippen molar-refractivity contribution in [2.45, 2.75) is 4.90 Å². The van der Waals surface area contributed by atoms with Gasteiger partial charge in [-0.2, -0.15) is 13.4 Å². The lowest BCUT2D eigenvalue weighted by Gasteiger charge is -2.00. The molecule has 1 N–H and O–H groups in total. The van der Waals surface area contributed by atoms with Crippen LogP contribution in [-0.4, -0.2) is 27.9 Å². The second kappa shape index (κ2) is 4.36. The van der Waals surface area contributed by atoms with Crippen molar-refractivity contribution < 1.29 is 13.0 Å². The Hall–Kier alpha value is -1.57. The van der Waals surface area contributed by atoms with Crippen molar-refractivity contribution in [2.75, 3.05) is 0 Å². The van der Waals surface area contributed by atoms with Gasteiger partial charge in [0.25, 0.3) is 10.1 Å². The van der Waals surface area contributed by atoms with Crippen molar-refractivity contribution in [2.24, 2.45) is 0 Å². The number of hydrogen-bond donors (Lipinski definition) is 1. The normalized spacial score (nSPS) is 11.4. The third-order valence-corrected chi connectivity index (χ3v) is 3.00. The van der Waals surface area contributed by atoms with Crippen LogP contribution in [0.15, 0.2) is 35.5 Å². The Morgan fingerprint density at radius 2 is 1.76 bits per heavy atom. The molecule has 0 fully saturated rings. The van der Waals surface area contributed by atoms with E-state index in [0.717, 1.165) is 0 Å². The maximum Gasteiger partial charge on any atom is 0.294 e. The van der Waals surface area contributed by atoms with E-state index in [4.69, 9.17) is 16.2 Å². The predicted octanol–water partition coefficient (Wildman–Crippen LogP) is 1.44. The minimum Gasteiger partial charge on any atom is -0.282 e. The summed E-state index contributed by atoms with van der Waals surface area (Å²) >= 11 is 5.60. The topological polar surface area (TPSA) is 93.0 Å². The number of benzene rings is 1. The zero-order valence-electron chi connectivity index (χ0n) is 8.28. The number of hydrogen-bond acceptors (Lipinski definition) is 5. The van der Waals surface area contributed by atoms with E-state index in [2.05, 4.69) is 15.0 Å². The molecule has 88 valence electrons. The van der Waals surface area contributed by atoms with Crippen LogP contribution in [0.25, 0.3) is 11.4 Å². The average molecular weight is 272 g/mol. The standard InChI is InChI=1S/C9H6ClN3O3S/c10-9-12-5-11-8(13-9)6-1-3-7(4-2-6)17(14,15)16/h1-5H,(H,14,15,16). The molecule has 1 aromatic carbocycles. The zero-order valence-corrected chi connectivity index (χ0v) is 9.85. The van der Waals surface area contributed by atoms with E-state index < -0.39 is 10.1 Å². The van der Waals surface area contributed by atoms with Crippen LogP contribution in [0.2, 0.25) is 5.28 Å². The van der Waals surface area contributed by atoms with Crippen LogP contribution in [0.4, 0.5) is 0 Å². The van der Waals surface area contributed by atoms with E-state index in [1.165, 1.54) is 30.6 Å². The molecule has 0 saturated heterocycles. The molecule has 0 aliphatic heterocycles. The minimum absolute atomic E-state index is 0.0499. The van der Waals surface area contributed by atoms with Crippen molar-refractivity contribution in [3.63, 3.8) is 0 Å². The van der Waals surface area contributed by atoms with Crippen LogP contribution in [0, 0.1) is 0 Å². The molecule has 2 aromatic rings. The lowest BCUT2D eigenvalue weighted by atomic mass is 10.2. The van der Waals surface area contributed by atoms with Crippen LogP contribution in [0.3, 0.4) is 0 Å². The number of halogens is 1. The van der Waals surface area contributed by atoms with Gasteiger partial charge in [0.2, 0.25) is 5.28 Å². The van der Waals surface area contributed by atoms with Gasteiger partial charge in [0.05, 0.1) is 4.90 Å². The molecule has 0 spiro atoms. The Kier molecular flexibility index (Phi) is 3.05. The van der Waals surface area contributed by atoms with Gasteiger partial charge in [-0.3, -0.25) is 4.55 Å². The van der Waals surface area contributed by atoms with Crippen molar-refractivity contribution in [1.29, 1.82) is 0 Å². The first-order chi connectivity index (χ1) is 7.97. The molecule has 0 unspecified atom stereocenters. The maximum absolute atomic E-state index is 10.8. The highest BCUT2D eigenvalue weighted by Gasteiger charge is 2.10. The largest absolute Gasteiger partial charge is 0.294 e. The molecular weight excluding hydrogens is 266 g/mol. The molecule has 1 aromatic heterocycles. The van der Waals surface area contributed by atoms with Crippen molar-refractivity contribution in [1.82, 2.24) is 15.0 Å². The lowest BCUT2D eigenvalue weighted by Crippen LogP contribution is -1.98. The Morgan fingerprint density at radius 3 is 2.29 bits per heavy atom. The summed E-state index contributed by atoms with van der Waals surface area (Å²) < 4.78 is 30.5. The zero-order chi connectivity index (χ0) is 12.5. The van der Waals surface area contributed by atoms with E-state index >= 15 is 0 Å². The van der Waals surface area contributed by atoms with Gasteiger partial charge < -0.3 is 0 Å². The summed E-state index contributed by atoms with van der Waals surface area (Å²) in [6.45, 7) is 0. The third-order valence-electron chi connectivity index (χ3n) is 1.95. The summed E-state index contributed by atoms with van der Waals surface area (Å²) in [5.74, 6) is 0.326. The van der Waals surface area contributed by atoms with E-state index in [9.17, 15) is 8.42 Å². The molecule has 2 rings (SSSR count). The fourth-order valence-electron chi connectivity index (χ4n) is 1.19. The van der Waals surface area contributed by atoms with Crippen molar-refractivity contribution >= 4 is 21.7 Å². The molecule has 0 aliphatic carbocycles. The second-order valence-corrected chi connectivity index (χ2v) is 4.84. The van der Waals surface area contributed by atoms with Gasteiger partial charge in [0.1, 0.15) is 6.33 Å². The van der Waals surface area contributed by atoms with E-state index in [1.54, 1.807) is 0 Å². The molecule has 6 nitrogen and oxygen atoms in total. The van der Waals surface area contributed by atoms with Crippen LogP contribution in [0.5, 0.6) is 0 Å². The summed E-state index contributed by atoms with van der Waals surface area (Å²) in [7, 11) is -4.19. The Morgan fingerprint density at radius 1 is 1.12 bits per heavy atom. The summed E-state index contributed by atoms with van der Waals surface area (Å²) in [5, 5.41) is 0.0499. The Balaban J connectivity index is 2.43. The highest BCUT2D eigenvalue weighted by atomic mass is 35.5. The smallest absolute Gasteiger partial charge is 0.282 e. The molecule has 0 atom stereocenters. The SMILES string of the molecule is O=S(=O)(O)c1ccc(-c2ncnc(Cl)n2)cc1. The summed E-state index contributed by atoms with van der Waals surface area (Å²) in [5.41, 5.74) is 0.571. The molecule has 0 radical (unpaired) electrons. The number of aromatic nitrogens is 3.